The van der Waals surface area contributed by atoms with Gasteiger partial charge in [0.1, 0.15) is 11.7 Å². The first-order valence-electron chi connectivity index (χ1n) is 8.95. The molecule has 1 saturated carbocycles. The van der Waals surface area contributed by atoms with Crippen molar-refractivity contribution in [1.29, 1.82) is 0 Å². The second-order valence-electron chi connectivity index (χ2n) is 6.78. The molecule has 2 aromatic rings. The predicted octanol–water partition coefficient (Wildman–Crippen LogP) is 2.53. The molecule has 1 N–H and O–H groups in total. The Hall–Kier alpha value is -2.63. The van der Waals surface area contributed by atoms with Gasteiger partial charge >= 0.3 is 0 Å². The lowest BCUT2D eigenvalue weighted by Crippen LogP contribution is -2.64. The first kappa shape index (κ1) is 15.9. The molecule has 6 heteroatoms. The number of nitrogens with one attached hydrogen (secondary N) is 1. The fraction of sp³-hybridized carbons (Fsp3) is 0.421. The van der Waals surface area contributed by atoms with Gasteiger partial charge in [-0.3, -0.25) is 14.3 Å². The predicted molar refractivity (Wildman–Crippen MR) is 94.4 cm³/mol. The zero-order valence-electron chi connectivity index (χ0n) is 14.1. The average molecular weight is 338 g/mol. The SMILES string of the molecule is O=C(NC1CN(c2ccccc2)C1=O)c1ccn(C2CCCCC2)n1. The smallest absolute Gasteiger partial charge is 0.272 e. The van der Waals surface area contributed by atoms with Crippen LogP contribution in [0.2, 0.25) is 0 Å². The summed E-state index contributed by atoms with van der Waals surface area (Å²) in [4.78, 5) is 26.3. The quantitative estimate of drug-likeness (QED) is 0.871. The van der Waals surface area contributed by atoms with Crippen molar-refractivity contribution in [3.63, 3.8) is 0 Å². The number of β-lactam (4-membered cyclic amide) rings is 1. The molecule has 2 fully saturated rings. The van der Waals surface area contributed by atoms with Gasteiger partial charge in [-0.15, -0.1) is 0 Å². The van der Waals surface area contributed by atoms with Gasteiger partial charge in [-0.2, -0.15) is 5.10 Å². The van der Waals surface area contributed by atoms with E-state index in [0.717, 1.165) is 18.5 Å². The molecule has 1 aromatic heterocycles. The number of rotatable bonds is 4. The Bertz CT molecular complexity index is 765. The minimum absolute atomic E-state index is 0.0775. The summed E-state index contributed by atoms with van der Waals surface area (Å²) in [7, 11) is 0. The minimum atomic E-state index is -0.465. The Labute approximate surface area is 146 Å². The monoisotopic (exact) mass is 338 g/mol. The van der Waals surface area contributed by atoms with Crippen LogP contribution in [-0.2, 0) is 4.79 Å². The van der Waals surface area contributed by atoms with Gasteiger partial charge in [0.25, 0.3) is 11.8 Å². The van der Waals surface area contributed by atoms with Crippen molar-refractivity contribution in [3.8, 4) is 0 Å². The van der Waals surface area contributed by atoms with Crippen LogP contribution >= 0.6 is 0 Å². The summed E-state index contributed by atoms with van der Waals surface area (Å²) >= 11 is 0. The second kappa shape index (κ2) is 6.70. The Morgan fingerprint density at radius 1 is 1.08 bits per heavy atom. The van der Waals surface area contributed by atoms with Crippen molar-refractivity contribution in [1.82, 2.24) is 15.1 Å². The number of carbonyl (C=O) groups excluding carboxylic acids is 2. The minimum Gasteiger partial charge on any atom is -0.337 e. The molecule has 0 bridgehead atoms. The third-order valence-electron chi connectivity index (χ3n) is 5.09. The normalized spacial score (nSPS) is 21.0. The molecule has 130 valence electrons. The van der Waals surface area contributed by atoms with E-state index in [2.05, 4.69) is 10.4 Å². The van der Waals surface area contributed by atoms with Crippen LogP contribution in [0.5, 0.6) is 0 Å². The molecule has 25 heavy (non-hydrogen) atoms. The molecular weight excluding hydrogens is 316 g/mol. The zero-order chi connectivity index (χ0) is 17.2. The third kappa shape index (κ3) is 3.16. The third-order valence-corrected chi connectivity index (χ3v) is 5.09. The molecule has 2 aliphatic rings. The Morgan fingerprint density at radius 3 is 2.56 bits per heavy atom. The summed E-state index contributed by atoms with van der Waals surface area (Å²) in [5.74, 6) is -0.355. The number of hydrogen-bond acceptors (Lipinski definition) is 3. The highest BCUT2D eigenvalue weighted by Crippen LogP contribution is 2.27. The Morgan fingerprint density at radius 2 is 1.84 bits per heavy atom. The van der Waals surface area contributed by atoms with E-state index in [4.69, 9.17) is 0 Å². The van der Waals surface area contributed by atoms with Crippen molar-refractivity contribution in [3.05, 3.63) is 48.3 Å². The van der Waals surface area contributed by atoms with Crippen molar-refractivity contribution >= 4 is 17.5 Å². The highest BCUT2D eigenvalue weighted by Gasteiger charge is 2.39. The fourth-order valence-electron chi connectivity index (χ4n) is 3.61. The molecule has 1 unspecified atom stereocenters. The van der Waals surface area contributed by atoms with Crippen LogP contribution in [0, 0.1) is 0 Å². The summed E-state index contributed by atoms with van der Waals surface area (Å²) < 4.78 is 1.91. The van der Waals surface area contributed by atoms with E-state index >= 15 is 0 Å². The van der Waals surface area contributed by atoms with E-state index in [1.165, 1.54) is 19.3 Å². The molecular formula is C19H22N4O2. The highest BCUT2D eigenvalue weighted by atomic mass is 16.2. The van der Waals surface area contributed by atoms with Crippen LogP contribution in [0.3, 0.4) is 0 Å². The molecule has 1 saturated heterocycles. The molecule has 2 heterocycles. The first-order chi connectivity index (χ1) is 12.2. The van der Waals surface area contributed by atoms with E-state index < -0.39 is 6.04 Å². The molecule has 2 amide bonds. The maximum absolute atomic E-state index is 12.4. The standard InChI is InChI=1S/C19H22N4O2/c24-18(16-11-12-23(21-16)15-9-5-2-6-10-15)20-17-13-22(19(17)25)14-7-3-1-4-8-14/h1,3-4,7-8,11-12,15,17H,2,5-6,9-10,13H2,(H,20,24). The summed E-state index contributed by atoms with van der Waals surface area (Å²) in [6.07, 6.45) is 7.85. The van der Waals surface area contributed by atoms with Crippen LogP contribution < -0.4 is 10.2 Å². The largest absolute Gasteiger partial charge is 0.337 e. The lowest BCUT2D eigenvalue weighted by molar-refractivity contribution is -0.124. The second-order valence-corrected chi connectivity index (χ2v) is 6.78. The van der Waals surface area contributed by atoms with Crippen LogP contribution in [0.4, 0.5) is 5.69 Å². The van der Waals surface area contributed by atoms with Gasteiger partial charge in [0.2, 0.25) is 0 Å². The van der Waals surface area contributed by atoms with Crippen LogP contribution in [0.1, 0.15) is 48.6 Å². The number of aromatic nitrogens is 2. The van der Waals surface area contributed by atoms with Gasteiger partial charge in [0.05, 0.1) is 12.6 Å². The maximum atomic E-state index is 12.4. The fourth-order valence-corrected chi connectivity index (χ4v) is 3.61. The lowest BCUT2D eigenvalue weighted by Gasteiger charge is -2.38. The molecule has 1 atom stereocenters. The molecule has 0 radical (unpaired) electrons. The maximum Gasteiger partial charge on any atom is 0.272 e. The summed E-state index contributed by atoms with van der Waals surface area (Å²) in [6.45, 7) is 0.498. The lowest BCUT2D eigenvalue weighted by atomic mass is 9.96. The molecule has 1 aliphatic carbocycles. The number of carbonyl (C=O) groups is 2. The molecule has 1 aromatic carbocycles. The Balaban J connectivity index is 1.35. The van der Waals surface area contributed by atoms with E-state index in [-0.39, 0.29) is 11.8 Å². The number of hydrogen-bond donors (Lipinski definition) is 1. The number of amides is 2. The number of nitrogens with zero attached hydrogens (tertiary/aromatic N) is 3. The summed E-state index contributed by atoms with van der Waals surface area (Å²) in [5.41, 5.74) is 1.25. The molecule has 1 aliphatic heterocycles. The number of anilines is 1. The van der Waals surface area contributed by atoms with Gasteiger partial charge in [0.15, 0.2) is 0 Å². The number of para-hydroxylation sites is 1. The summed E-state index contributed by atoms with van der Waals surface area (Å²) in [6, 6.07) is 11.2. The van der Waals surface area contributed by atoms with Crippen molar-refractivity contribution in [2.75, 3.05) is 11.4 Å². The van der Waals surface area contributed by atoms with E-state index in [9.17, 15) is 9.59 Å². The van der Waals surface area contributed by atoms with Gasteiger partial charge in [0, 0.05) is 11.9 Å². The van der Waals surface area contributed by atoms with Crippen LogP contribution in [0.15, 0.2) is 42.6 Å². The van der Waals surface area contributed by atoms with Crippen LogP contribution in [-0.4, -0.2) is 34.2 Å². The first-order valence-corrected chi connectivity index (χ1v) is 8.95. The van der Waals surface area contributed by atoms with E-state index in [0.29, 0.717) is 18.3 Å². The van der Waals surface area contributed by atoms with Gasteiger partial charge in [-0.05, 0) is 31.0 Å². The van der Waals surface area contributed by atoms with Crippen molar-refractivity contribution < 1.29 is 9.59 Å². The Kier molecular flexibility index (Phi) is 4.26. The molecule has 6 nitrogen and oxygen atoms in total. The molecule has 0 spiro atoms. The topological polar surface area (TPSA) is 67.2 Å². The van der Waals surface area contributed by atoms with Gasteiger partial charge in [-0.1, -0.05) is 37.5 Å². The zero-order valence-corrected chi connectivity index (χ0v) is 14.1. The van der Waals surface area contributed by atoms with E-state index in [1.54, 1.807) is 11.0 Å². The van der Waals surface area contributed by atoms with Crippen molar-refractivity contribution in [2.24, 2.45) is 0 Å². The van der Waals surface area contributed by atoms with E-state index in [1.807, 2.05) is 41.2 Å². The number of benzene rings is 1. The highest BCUT2D eigenvalue weighted by molar-refractivity contribution is 6.07. The van der Waals surface area contributed by atoms with Crippen molar-refractivity contribution in [2.45, 2.75) is 44.2 Å². The summed E-state index contributed by atoms with van der Waals surface area (Å²) in [5, 5.41) is 7.22. The van der Waals surface area contributed by atoms with Crippen LogP contribution in [0.25, 0.3) is 0 Å². The van der Waals surface area contributed by atoms with Gasteiger partial charge < -0.3 is 10.2 Å². The average Bonchev–Trinajstić information content (AvgIpc) is 3.16. The van der Waals surface area contributed by atoms with Gasteiger partial charge in [-0.25, -0.2) is 0 Å². The molecule has 4 rings (SSSR count).